The molecule has 63 heavy (non-hydrogen) atoms. The van der Waals surface area contributed by atoms with Crippen LogP contribution < -0.4 is 31.8 Å². The Bertz CT molecular complexity index is 2350. The monoisotopic (exact) mass is 881 g/mol. The van der Waals surface area contributed by atoms with Crippen molar-refractivity contribution >= 4 is 80.5 Å². The van der Waals surface area contributed by atoms with Crippen molar-refractivity contribution in [3.8, 4) is 6.07 Å². The van der Waals surface area contributed by atoms with Crippen LogP contribution in [0.25, 0.3) is 0 Å². The van der Waals surface area contributed by atoms with Gasteiger partial charge in [-0.05, 0) is 78.5 Å². The molecule has 2 N–H and O–H groups in total. The number of carboxylic acids is 1. The molecule has 0 radical (unpaired) electrons. The van der Waals surface area contributed by atoms with Crippen LogP contribution >= 0.6 is 14.1 Å². The first-order valence-electron chi connectivity index (χ1n) is 22.5. The van der Waals surface area contributed by atoms with E-state index in [1.807, 2.05) is 115 Å². The fourth-order valence-electron chi connectivity index (χ4n) is 6.64. The zero-order valence-electron chi connectivity index (χ0n) is 38.7. The van der Waals surface area contributed by atoms with Crippen molar-refractivity contribution in [1.29, 1.82) is 10.7 Å². The smallest absolute Gasteiger partial charge is 0.303 e. The third kappa shape index (κ3) is 14.0. The van der Waals surface area contributed by atoms with Gasteiger partial charge in [-0.15, -0.1) is 0 Å². The van der Waals surface area contributed by atoms with Crippen LogP contribution in [0.3, 0.4) is 0 Å². The fraction of sp³-hybridized carbons (Fsp3) is 0.185. The number of nitrogens with zero attached hydrogens (tertiary/aromatic N) is 1. The Labute approximate surface area is 378 Å². The van der Waals surface area contributed by atoms with Crippen LogP contribution in [0, 0.1) is 16.7 Å². The highest BCUT2D eigenvalue weighted by Crippen LogP contribution is 2.56. The predicted molar refractivity (Wildman–Crippen MR) is 266 cm³/mol. The summed E-state index contributed by atoms with van der Waals surface area (Å²) in [4.78, 5) is 43.6. The van der Waals surface area contributed by atoms with Gasteiger partial charge in [0.15, 0.2) is 17.3 Å². The number of aliphatic carboxylic acids is 1. The van der Waals surface area contributed by atoms with E-state index in [0.29, 0.717) is 24.6 Å². The summed E-state index contributed by atoms with van der Waals surface area (Å²) in [5, 5.41) is 32.8. The van der Waals surface area contributed by atoms with E-state index in [4.69, 9.17) is 14.6 Å². The van der Waals surface area contributed by atoms with E-state index in [9.17, 15) is 24.4 Å². The van der Waals surface area contributed by atoms with Crippen LogP contribution in [-0.4, -0.2) is 39.6 Å². The highest BCUT2D eigenvalue weighted by Gasteiger charge is 2.43. The lowest BCUT2D eigenvalue weighted by molar-refractivity contribution is -0.137. The molecule has 0 bridgehead atoms. The molecule has 0 unspecified atom stereocenters. The van der Waals surface area contributed by atoms with Crippen molar-refractivity contribution in [2.45, 2.75) is 66.1 Å². The van der Waals surface area contributed by atoms with Crippen LogP contribution in [0.2, 0.25) is 0 Å². The third-order valence-electron chi connectivity index (χ3n) is 9.48. The number of hydrogen-bond donors (Lipinski definition) is 2. The maximum Gasteiger partial charge on any atom is 0.303 e. The molecule has 0 amide bonds. The van der Waals surface area contributed by atoms with Crippen molar-refractivity contribution in [2.24, 2.45) is 0 Å². The average molecular weight is 882 g/mol. The molecule has 0 aromatic heterocycles. The highest BCUT2D eigenvalue weighted by atomic mass is 31.2. The Morgan fingerprint density at radius 3 is 1.16 bits per heavy atom. The summed E-state index contributed by atoms with van der Waals surface area (Å²) in [5.41, 5.74) is 0. The number of carbonyl (C=O) groups excluding carboxylic acids is 3. The van der Waals surface area contributed by atoms with Crippen LogP contribution in [0.1, 0.15) is 70.3 Å². The van der Waals surface area contributed by atoms with Crippen molar-refractivity contribution < 1.29 is 28.4 Å². The Morgan fingerprint density at radius 2 is 0.889 bits per heavy atom. The second kappa shape index (κ2) is 27.4. The van der Waals surface area contributed by atoms with Gasteiger partial charge in [0.05, 0.1) is 0 Å². The molecule has 6 aromatic carbocycles. The number of benzene rings is 6. The number of carbonyl (C=O) groups is 4. The molecular weight excluding hydrogens is 819 g/mol. The molecule has 6 aromatic rings. The Balaban J connectivity index is 0.000000268. The summed E-state index contributed by atoms with van der Waals surface area (Å²) in [7, 11) is -1.98. The molecule has 7 nitrogen and oxygen atoms in total. The topological polar surface area (TPSA) is 136 Å². The van der Waals surface area contributed by atoms with Gasteiger partial charge >= 0.3 is 5.97 Å². The molecule has 6 rings (SSSR count). The highest BCUT2D eigenvalue weighted by molar-refractivity contribution is 7.98. The number of ketones is 3. The van der Waals surface area contributed by atoms with Crippen molar-refractivity contribution in [3.05, 3.63) is 188 Å². The minimum absolute atomic E-state index is 0.128. The molecular formula is C54H57N2O5P2+. The standard InChI is InChI=1S/C24H22NOP.C20H17NP.C6H10O2.C4H8O2/c1-2-12-23(26)24(19-25)27(20-13-6-3-7-14-20,21-15-8-4-9-16-21)22-17-10-5-11-18-22;21-16-17-22(18-10-4-1-5-11-18,19-12-6-2-7-13-19)20-14-8-3-9-15-20;1-3-4-6(8)5(2)7;1-2-3-4(5)6/h3-11,13-18H,2,12H2,1H3;1-15,17,21H;3-4H2,1-2H3;2-3H2,1H3,(H,5,6)/q;+1;;/i1T;;2*1T. The first-order chi connectivity index (χ1) is 32.1. The lowest BCUT2D eigenvalue weighted by Crippen LogP contribution is -2.33. The number of nitriles is 1. The van der Waals surface area contributed by atoms with Crippen LogP contribution in [0.5, 0.6) is 0 Å². The summed E-state index contributed by atoms with van der Waals surface area (Å²) < 4.78 is 20.6. The summed E-state index contributed by atoms with van der Waals surface area (Å²) in [6.45, 7) is -0.744. The molecule has 0 aliphatic heterocycles. The van der Waals surface area contributed by atoms with E-state index in [1.165, 1.54) is 22.8 Å². The second-order valence-electron chi connectivity index (χ2n) is 13.7. The van der Waals surface area contributed by atoms with Gasteiger partial charge in [0.1, 0.15) is 40.4 Å². The lowest BCUT2D eigenvalue weighted by Gasteiger charge is -2.30. The SMILES string of the molecule is N=C=C[P+](c1ccccc1)(c1ccccc1)c1ccccc1.[3H]CCCC(=O)C(C#N)=P(c1ccccc1)(c1ccccc1)c1ccccc1.[3H]CCCC(=O)C(C)=O.[3H]CCCC(=O)O. The van der Waals surface area contributed by atoms with Gasteiger partial charge in [-0.25, -0.2) is 0 Å². The number of Topliss-reactive ketones (excluding diaryl/α,β-unsaturated/α-hetero) is 3. The second-order valence-corrected chi connectivity index (χ2v) is 20.3. The van der Waals surface area contributed by atoms with Gasteiger partial charge in [0.2, 0.25) is 0 Å². The van der Waals surface area contributed by atoms with Gasteiger partial charge in [-0.3, -0.25) is 24.6 Å². The van der Waals surface area contributed by atoms with E-state index in [-0.39, 0.29) is 51.5 Å². The minimum Gasteiger partial charge on any atom is -0.481 e. The predicted octanol–water partition coefficient (Wildman–Crippen LogP) is 9.60. The Kier molecular flexibility index (Phi) is 20.0. The normalized spacial score (nSPS) is 10.9. The molecule has 9 heteroatoms. The maximum atomic E-state index is 13.2. The van der Waals surface area contributed by atoms with Gasteiger partial charge < -0.3 is 5.11 Å². The lowest BCUT2D eigenvalue weighted by atomic mass is 10.2. The van der Waals surface area contributed by atoms with Gasteiger partial charge in [0.25, 0.3) is 0 Å². The molecule has 0 heterocycles. The van der Waals surface area contributed by atoms with Gasteiger partial charge in [0, 0.05) is 36.2 Å². The van der Waals surface area contributed by atoms with Crippen LogP contribution in [-0.2, 0) is 19.2 Å². The third-order valence-corrected chi connectivity index (χ3v) is 17.6. The number of hydrogen-bond acceptors (Lipinski definition) is 6. The summed E-state index contributed by atoms with van der Waals surface area (Å²) in [5.74, 6) is 2.81. The number of nitrogens with one attached hydrogen (secondary N) is 1. The van der Waals surface area contributed by atoms with E-state index in [1.54, 1.807) is 0 Å². The fourth-order valence-corrected chi connectivity index (χ4v) is 14.3. The molecule has 0 aliphatic carbocycles. The quantitative estimate of drug-likeness (QED) is 0.0599. The van der Waals surface area contributed by atoms with E-state index < -0.39 is 25.9 Å². The first kappa shape index (κ1) is 46.0. The summed E-state index contributed by atoms with van der Waals surface area (Å²) >= 11 is 0. The number of carboxylic acid groups (broad SMARTS) is 1. The van der Waals surface area contributed by atoms with Crippen LogP contribution in [0.15, 0.2) is 188 Å². The summed E-state index contributed by atoms with van der Waals surface area (Å²) in [6.07, 6.45) is 2.01. The Morgan fingerprint density at radius 1 is 0.571 bits per heavy atom. The summed E-state index contributed by atoms with van der Waals surface area (Å²) in [6, 6.07) is 63.4. The molecule has 0 fully saturated rings. The zero-order valence-corrected chi connectivity index (χ0v) is 37.5. The van der Waals surface area contributed by atoms with Crippen molar-refractivity contribution in [1.82, 2.24) is 0 Å². The molecule has 0 atom stereocenters. The minimum atomic E-state index is -2.61. The molecule has 0 aliphatic rings. The van der Waals surface area contributed by atoms with E-state index in [2.05, 4.69) is 84.7 Å². The van der Waals surface area contributed by atoms with E-state index >= 15 is 0 Å². The molecule has 0 saturated carbocycles. The molecule has 0 spiro atoms. The van der Waals surface area contributed by atoms with Crippen LogP contribution in [0.4, 0.5) is 0 Å². The van der Waals surface area contributed by atoms with Crippen molar-refractivity contribution in [3.63, 3.8) is 0 Å². The molecule has 0 saturated heterocycles. The zero-order chi connectivity index (χ0) is 48.0. The van der Waals surface area contributed by atoms with Gasteiger partial charge in [-0.1, -0.05) is 166 Å². The maximum absolute atomic E-state index is 13.2. The largest absolute Gasteiger partial charge is 0.481 e. The number of rotatable bonds is 15. The average Bonchev–Trinajstić information content (AvgIpc) is 3.37. The molecule has 322 valence electrons. The Hall–Kier alpha value is -6.53. The first-order valence-corrected chi connectivity index (χ1v) is 24.0. The van der Waals surface area contributed by atoms with Crippen molar-refractivity contribution in [2.75, 3.05) is 0 Å². The van der Waals surface area contributed by atoms with E-state index in [0.717, 1.165) is 15.9 Å². The van der Waals surface area contributed by atoms with Gasteiger partial charge in [-0.2, -0.15) is 5.26 Å².